The normalized spacial score (nSPS) is 15.5. The molecule has 0 saturated heterocycles. The molecule has 114 valence electrons. The highest BCUT2D eigenvalue weighted by Gasteiger charge is 2.23. The summed E-state index contributed by atoms with van der Waals surface area (Å²) in [5.41, 5.74) is 0.388. The van der Waals surface area contributed by atoms with Crippen molar-refractivity contribution in [3.05, 3.63) is 39.9 Å². The van der Waals surface area contributed by atoms with Gasteiger partial charge in [0.2, 0.25) is 0 Å². The number of benzene rings is 1. The largest absolute Gasteiger partial charge is 0.444 e. The lowest BCUT2D eigenvalue weighted by atomic mass is 9.95. The van der Waals surface area contributed by atoms with Crippen molar-refractivity contribution >= 4 is 11.8 Å². The van der Waals surface area contributed by atoms with Gasteiger partial charge in [0.25, 0.3) is 5.69 Å². The van der Waals surface area contributed by atoms with E-state index in [9.17, 15) is 14.9 Å². The molecular formula is C15H20N2O4. The van der Waals surface area contributed by atoms with E-state index in [2.05, 4.69) is 0 Å². The molecule has 0 spiro atoms. The van der Waals surface area contributed by atoms with Gasteiger partial charge in [0.1, 0.15) is 6.61 Å². The predicted octanol–water partition coefficient (Wildman–Crippen LogP) is 3.50. The topological polar surface area (TPSA) is 72.7 Å². The summed E-state index contributed by atoms with van der Waals surface area (Å²) >= 11 is 0. The summed E-state index contributed by atoms with van der Waals surface area (Å²) in [5.74, 6) is 0. The zero-order valence-electron chi connectivity index (χ0n) is 12.2. The van der Waals surface area contributed by atoms with Crippen molar-refractivity contribution in [1.29, 1.82) is 0 Å². The second-order valence-electron chi connectivity index (χ2n) is 5.34. The predicted molar refractivity (Wildman–Crippen MR) is 77.9 cm³/mol. The van der Waals surface area contributed by atoms with Crippen LogP contribution in [0.25, 0.3) is 0 Å². The Morgan fingerprint density at radius 3 is 2.67 bits per heavy atom. The minimum absolute atomic E-state index is 0.0226. The van der Waals surface area contributed by atoms with Gasteiger partial charge in [0.15, 0.2) is 0 Å². The van der Waals surface area contributed by atoms with Crippen LogP contribution in [0, 0.1) is 10.1 Å². The van der Waals surface area contributed by atoms with Crippen molar-refractivity contribution in [2.45, 2.75) is 44.8 Å². The Kier molecular flexibility index (Phi) is 5.14. The lowest BCUT2D eigenvalue weighted by Gasteiger charge is -2.30. The fourth-order valence-corrected chi connectivity index (χ4v) is 2.67. The summed E-state index contributed by atoms with van der Waals surface area (Å²) in [7, 11) is 1.73. The van der Waals surface area contributed by atoms with Crippen LogP contribution in [-0.4, -0.2) is 29.0 Å². The fraction of sp³-hybridized carbons (Fsp3) is 0.533. The Hall–Kier alpha value is -2.11. The molecule has 0 N–H and O–H groups in total. The molecule has 0 aliphatic heterocycles. The monoisotopic (exact) mass is 292 g/mol. The second-order valence-corrected chi connectivity index (χ2v) is 5.34. The Morgan fingerprint density at radius 1 is 1.33 bits per heavy atom. The van der Waals surface area contributed by atoms with Crippen molar-refractivity contribution in [2.75, 3.05) is 7.05 Å². The number of nitro groups is 1. The number of amides is 1. The third kappa shape index (κ3) is 3.93. The SMILES string of the molecule is CN(C(=O)OCc1ccccc1[N+](=O)[O-])C1CCCCC1. The van der Waals surface area contributed by atoms with E-state index in [0.29, 0.717) is 5.56 Å². The first-order valence-corrected chi connectivity index (χ1v) is 7.21. The smallest absolute Gasteiger partial charge is 0.410 e. The van der Waals surface area contributed by atoms with Crippen LogP contribution in [0.1, 0.15) is 37.7 Å². The van der Waals surface area contributed by atoms with Crippen molar-refractivity contribution in [1.82, 2.24) is 4.90 Å². The molecule has 1 fully saturated rings. The van der Waals surface area contributed by atoms with Gasteiger partial charge in [-0.15, -0.1) is 0 Å². The highest BCUT2D eigenvalue weighted by atomic mass is 16.6. The minimum atomic E-state index is -0.464. The average Bonchev–Trinajstić information content (AvgIpc) is 2.52. The van der Waals surface area contributed by atoms with Gasteiger partial charge >= 0.3 is 6.09 Å². The van der Waals surface area contributed by atoms with E-state index in [0.717, 1.165) is 25.7 Å². The first kappa shape index (κ1) is 15.3. The van der Waals surface area contributed by atoms with Crippen LogP contribution in [0.3, 0.4) is 0 Å². The van der Waals surface area contributed by atoms with Crippen LogP contribution in [0.2, 0.25) is 0 Å². The molecule has 2 rings (SSSR count). The van der Waals surface area contributed by atoms with Crippen molar-refractivity contribution < 1.29 is 14.5 Å². The third-order valence-electron chi connectivity index (χ3n) is 3.95. The van der Waals surface area contributed by atoms with E-state index in [-0.39, 0.29) is 18.3 Å². The Labute approximate surface area is 123 Å². The van der Waals surface area contributed by atoms with Gasteiger partial charge < -0.3 is 9.64 Å². The maximum absolute atomic E-state index is 12.0. The zero-order valence-corrected chi connectivity index (χ0v) is 12.2. The summed E-state index contributed by atoms with van der Waals surface area (Å²) in [6.45, 7) is -0.0763. The van der Waals surface area contributed by atoms with Crippen LogP contribution < -0.4 is 0 Å². The van der Waals surface area contributed by atoms with E-state index >= 15 is 0 Å². The first-order chi connectivity index (χ1) is 10.1. The number of rotatable bonds is 4. The maximum Gasteiger partial charge on any atom is 0.410 e. The summed E-state index contributed by atoms with van der Waals surface area (Å²) in [4.78, 5) is 24.1. The van der Waals surface area contributed by atoms with Crippen LogP contribution >= 0.6 is 0 Å². The molecule has 0 bridgehead atoms. The Bertz CT molecular complexity index is 512. The number of para-hydroxylation sites is 1. The van der Waals surface area contributed by atoms with Crippen LogP contribution in [0.15, 0.2) is 24.3 Å². The zero-order chi connectivity index (χ0) is 15.2. The third-order valence-corrected chi connectivity index (χ3v) is 3.95. The summed E-state index contributed by atoms with van der Waals surface area (Å²) in [6, 6.07) is 6.52. The first-order valence-electron chi connectivity index (χ1n) is 7.21. The van der Waals surface area contributed by atoms with Gasteiger partial charge in [-0.3, -0.25) is 10.1 Å². The molecule has 1 aliphatic rings. The molecular weight excluding hydrogens is 272 g/mol. The van der Waals surface area contributed by atoms with Crippen LogP contribution in [0.5, 0.6) is 0 Å². The number of nitro benzene ring substituents is 1. The minimum Gasteiger partial charge on any atom is -0.444 e. The molecule has 0 unspecified atom stereocenters. The lowest BCUT2D eigenvalue weighted by molar-refractivity contribution is -0.385. The van der Waals surface area contributed by atoms with Gasteiger partial charge in [0, 0.05) is 19.2 Å². The molecule has 1 aromatic rings. The van der Waals surface area contributed by atoms with Crippen LogP contribution in [-0.2, 0) is 11.3 Å². The van der Waals surface area contributed by atoms with Crippen molar-refractivity contribution in [3.8, 4) is 0 Å². The number of hydrogen-bond donors (Lipinski definition) is 0. The van der Waals surface area contributed by atoms with Gasteiger partial charge in [0.05, 0.1) is 10.5 Å². The molecule has 6 heteroatoms. The van der Waals surface area contributed by atoms with Gasteiger partial charge in [-0.1, -0.05) is 31.4 Å². The van der Waals surface area contributed by atoms with E-state index in [1.165, 1.54) is 12.5 Å². The maximum atomic E-state index is 12.0. The number of carbonyl (C=O) groups is 1. The highest BCUT2D eigenvalue weighted by Crippen LogP contribution is 2.23. The van der Waals surface area contributed by atoms with Gasteiger partial charge in [-0.2, -0.15) is 0 Å². The second kappa shape index (κ2) is 7.06. The lowest BCUT2D eigenvalue weighted by Crippen LogP contribution is -2.38. The summed E-state index contributed by atoms with van der Waals surface area (Å²) in [5, 5.41) is 10.9. The van der Waals surface area contributed by atoms with Crippen molar-refractivity contribution in [2.24, 2.45) is 0 Å². The molecule has 1 saturated carbocycles. The van der Waals surface area contributed by atoms with Crippen molar-refractivity contribution in [3.63, 3.8) is 0 Å². The molecule has 1 amide bonds. The standard InChI is InChI=1S/C15H20N2O4/c1-16(13-8-3-2-4-9-13)15(18)21-11-12-7-5-6-10-14(12)17(19)20/h5-7,10,13H,2-4,8-9,11H2,1H3. The number of nitrogens with zero attached hydrogens (tertiary/aromatic N) is 2. The molecule has 21 heavy (non-hydrogen) atoms. The highest BCUT2D eigenvalue weighted by molar-refractivity contribution is 5.67. The van der Waals surface area contributed by atoms with Crippen LogP contribution in [0.4, 0.5) is 10.5 Å². The molecule has 1 aliphatic carbocycles. The average molecular weight is 292 g/mol. The van der Waals surface area contributed by atoms with E-state index < -0.39 is 11.0 Å². The fourth-order valence-electron chi connectivity index (χ4n) is 2.67. The van der Waals surface area contributed by atoms with E-state index in [1.54, 1.807) is 30.1 Å². The number of ether oxygens (including phenoxy) is 1. The molecule has 6 nitrogen and oxygen atoms in total. The Balaban J connectivity index is 1.93. The summed E-state index contributed by atoms with van der Waals surface area (Å²) in [6.07, 6.45) is 5.06. The number of hydrogen-bond acceptors (Lipinski definition) is 4. The molecule has 0 atom stereocenters. The molecule has 0 heterocycles. The quantitative estimate of drug-likeness (QED) is 0.629. The molecule has 0 aromatic heterocycles. The summed E-state index contributed by atoms with van der Waals surface area (Å²) < 4.78 is 5.22. The molecule has 1 aromatic carbocycles. The number of carbonyl (C=O) groups excluding carboxylic acids is 1. The van der Waals surface area contributed by atoms with Gasteiger partial charge in [-0.05, 0) is 18.9 Å². The van der Waals surface area contributed by atoms with E-state index in [1.807, 2.05) is 0 Å². The van der Waals surface area contributed by atoms with E-state index in [4.69, 9.17) is 4.74 Å². The van der Waals surface area contributed by atoms with Gasteiger partial charge in [-0.25, -0.2) is 4.79 Å². The molecule has 0 radical (unpaired) electrons. The Morgan fingerprint density at radius 2 is 2.00 bits per heavy atom.